The van der Waals surface area contributed by atoms with Crippen molar-refractivity contribution < 1.29 is 13.9 Å². The van der Waals surface area contributed by atoms with Crippen LogP contribution in [0.4, 0.5) is 27.4 Å². The van der Waals surface area contributed by atoms with Crippen molar-refractivity contribution in [3.05, 3.63) is 72.8 Å². The lowest BCUT2D eigenvalue weighted by Gasteiger charge is -2.34. The number of aromatic nitrogens is 3. The first-order chi connectivity index (χ1) is 18.9. The molecule has 1 fully saturated rings. The summed E-state index contributed by atoms with van der Waals surface area (Å²) >= 11 is 0. The highest BCUT2D eigenvalue weighted by Gasteiger charge is 2.21. The molecule has 1 amide bonds. The number of nitrogens with two attached hydrogens (primary N) is 1. The van der Waals surface area contributed by atoms with E-state index in [1.54, 1.807) is 24.4 Å². The molecule has 1 saturated heterocycles. The van der Waals surface area contributed by atoms with Gasteiger partial charge in [0.15, 0.2) is 5.82 Å². The summed E-state index contributed by atoms with van der Waals surface area (Å²) in [6, 6.07) is 16.0. The van der Waals surface area contributed by atoms with Gasteiger partial charge in [-0.3, -0.25) is 4.79 Å². The van der Waals surface area contributed by atoms with Crippen LogP contribution in [0.1, 0.15) is 19.8 Å². The molecule has 1 aliphatic heterocycles. The third-order valence-corrected chi connectivity index (χ3v) is 6.53. The molecule has 4 N–H and O–H groups in total. The van der Waals surface area contributed by atoms with Crippen molar-refractivity contribution in [2.45, 2.75) is 25.8 Å². The monoisotopic (exact) mass is 563 g/mol. The first-order valence-electron chi connectivity index (χ1n) is 12.7. The summed E-state index contributed by atoms with van der Waals surface area (Å²) in [5.74, 6) is 1.00. The molecule has 0 unspecified atom stereocenters. The molecule has 0 aliphatic carbocycles. The van der Waals surface area contributed by atoms with Crippen LogP contribution in [0.5, 0.6) is 5.75 Å². The fourth-order valence-corrected chi connectivity index (χ4v) is 4.73. The van der Waals surface area contributed by atoms with Crippen LogP contribution in [0.2, 0.25) is 0 Å². The van der Waals surface area contributed by atoms with Gasteiger partial charge in [0.1, 0.15) is 23.2 Å². The van der Waals surface area contributed by atoms with Crippen molar-refractivity contribution in [1.29, 1.82) is 0 Å². The fourth-order valence-electron chi connectivity index (χ4n) is 4.73. The number of carbonyl (C=O) groups excluding carboxylic acids is 1. The average Bonchev–Trinajstić information content (AvgIpc) is 2.93. The molecule has 208 valence electrons. The Labute approximate surface area is 238 Å². The zero-order valence-corrected chi connectivity index (χ0v) is 23.0. The van der Waals surface area contributed by atoms with Crippen LogP contribution >= 0.6 is 12.4 Å². The number of carbonyl (C=O) groups is 1. The number of nitrogens with zero attached hydrogens (tertiary/aromatic N) is 4. The minimum Gasteiger partial charge on any atom is -0.496 e. The van der Waals surface area contributed by atoms with Crippen LogP contribution in [0.3, 0.4) is 0 Å². The maximum absolute atomic E-state index is 14.6. The number of amides is 1. The van der Waals surface area contributed by atoms with Gasteiger partial charge in [-0.2, -0.15) is 0 Å². The highest BCUT2D eigenvalue weighted by molar-refractivity contribution is 5.89. The first-order valence-corrected chi connectivity index (χ1v) is 12.7. The first kappa shape index (κ1) is 28.7. The molecule has 3 heterocycles. The summed E-state index contributed by atoms with van der Waals surface area (Å²) < 4.78 is 20.0. The van der Waals surface area contributed by atoms with Crippen molar-refractivity contribution in [3.63, 3.8) is 0 Å². The van der Waals surface area contributed by atoms with Gasteiger partial charge < -0.3 is 26.0 Å². The summed E-state index contributed by atoms with van der Waals surface area (Å²) in [5.41, 5.74) is 10.1. The molecule has 40 heavy (non-hydrogen) atoms. The Kier molecular flexibility index (Phi) is 9.13. The highest BCUT2D eigenvalue weighted by Crippen LogP contribution is 2.35. The largest absolute Gasteiger partial charge is 0.496 e. The fraction of sp³-hybridized carbons (Fsp3) is 0.241. The highest BCUT2D eigenvalue weighted by atomic mass is 35.5. The Balaban J connectivity index is 0.00000370. The quantitative estimate of drug-likeness (QED) is 0.273. The molecule has 9 nitrogen and oxygen atoms in total. The van der Waals surface area contributed by atoms with E-state index >= 15 is 0 Å². The number of rotatable bonds is 7. The molecule has 0 spiro atoms. The molecule has 5 rings (SSSR count). The summed E-state index contributed by atoms with van der Waals surface area (Å²) in [4.78, 5) is 27.1. The maximum atomic E-state index is 14.6. The van der Waals surface area contributed by atoms with Crippen LogP contribution < -0.4 is 26.0 Å². The summed E-state index contributed by atoms with van der Waals surface area (Å²) in [7, 11) is 1.48. The Morgan fingerprint density at radius 3 is 2.65 bits per heavy atom. The van der Waals surface area contributed by atoms with E-state index in [-0.39, 0.29) is 35.7 Å². The van der Waals surface area contributed by atoms with Gasteiger partial charge in [-0.25, -0.2) is 19.3 Å². The SMILES string of the molecule is COc1cccc(F)c1-c1nccc(Nc2cc(N3CCC[C@H](N)C3)c(-c3ccc(NC(C)=O)cc3)cn2)n1.Cl. The van der Waals surface area contributed by atoms with Crippen LogP contribution in [0, 0.1) is 5.82 Å². The topological polar surface area (TPSA) is 118 Å². The second-order valence-corrected chi connectivity index (χ2v) is 9.40. The van der Waals surface area contributed by atoms with Gasteiger partial charge in [0.05, 0.1) is 12.7 Å². The molecule has 0 radical (unpaired) electrons. The third kappa shape index (κ3) is 6.47. The van der Waals surface area contributed by atoms with E-state index in [0.29, 0.717) is 17.4 Å². The number of ether oxygens (including phenoxy) is 1. The van der Waals surface area contributed by atoms with E-state index in [2.05, 4.69) is 30.5 Å². The third-order valence-electron chi connectivity index (χ3n) is 6.53. The lowest BCUT2D eigenvalue weighted by molar-refractivity contribution is -0.114. The maximum Gasteiger partial charge on any atom is 0.221 e. The number of hydrogen-bond donors (Lipinski definition) is 3. The zero-order chi connectivity index (χ0) is 27.4. The van der Waals surface area contributed by atoms with Crippen molar-refractivity contribution in [2.75, 3.05) is 35.7 Å². The summed E-state index contributed by atoms with van der Waals surface area (Å²) in [6.07, 6.45) is 5.35. The van der Waals surface area contributed by atoms with Gasteiger partial charge in [0.2, 0.25) is 5.91 Å². The number of methoxy groups -OCH3 is 1. The van der Waals surface area contributed by atoms with Crippen molar-refractivity contribution >= 4 is 41.3 Å². The summed E-state index contributed by atoms with van der Waals surface area (Å²) in [5, 5.41) is 6.04. The molecule has 11 heteroatoms. The Hall–Kier alpha value is -4.28. The predicted octanol–water partition coefficient (Wildman–Crippen LogP) is 5.40. The van der Waals surface area contributed by atoms with E-state index < -0.39 is 5.82 Å². The molecule has 0 bridgehead atoms. The van der Waals surface area contributed by atoms with Crippen molar-refractivity contribution in [2.24, 2.45) is 5.73 Å². The zero-order valence-electron chi connectivity index (χ0n) is 22.2. The normalized spacial score (nSPS) is 14.7. The number of piperidine rings is 1. The second kappa shape index (κ2) is 12.7. The number of halogens is 2. The Morgan fingerprint density at radius 2 is 1.93 bits per heavy atom. The Morgan fingerprint density at radius 1 is 1.12 bits per heavy atom. The molecular formula is C29H31ClFN7O2. The number of hydrogen-bond acceptors (Lipinski definition) is 8. The van der Waals surface area contributed by atoms with Crippen molar-refractivity contribution in [1.82, 2.24) is 15.0 Å². The molecule has 0 saturated carbocycles. The van der Waals surface area contributed by atoms with Crippen LogP contribution in [-0.2, 0) is 4.79 Å². The molecule has 2 aromatic heterocycles. The van der Waals surface area contributed by atoms with Crippen molar-refractivity contribution in [3.8, 4) is 28.3 Å². The van der Waals surface area contributed by atoms with E-state index in [9.17, 15) is 9.18 Å². The molecular weight excluding hydrogens is 533 g/mol. The number of anilines is 4. The lowest BCUT2D eigenvalue weighted by atomic mass is 10.0. The average molecular weight is 564 g/mol. The molecule has 1 aliphatic rings. The molecule has 2 aromatic carbocycles. The van der Waals surface area contributed by atoms with Crippen LogP contribution in [-0.4, -0.2) is 47.1 Å². The van der Waals surface area contributed by atoms with Gasteiger partial charge in [-0.05, 0) is 48.7 Å². The standard InChI is InChI=1S/C29H30FN7O2.ClH/c1-18(38)34-21-10-8-19(9-11-21)22-16-33-27(15-24(22)37-14-4-5-20(31)17-37)35-26-12-13-32-29(36-26)28-23(30)6-3-7-25(28)39-2;/h3,6-13,15-16,20H,4-5,14,17,31H2,1-2H3,(H,34,38)(H,32,33,35,36);1H/t20-;/m0./s1. The lowest BCUT2D eigenvalue weighted by Crippen LogP contribution is -2.43. The van der Waals surface area contributed by atoms with Crippen LogP contribution in [0.15, 0.2) is 67.0 Å². The van der Waals surface area contributed by atoms with Gasteiger partial charge in [0, 0.05) is 61.5 Å². The minimum atomic E-state index is -0.470. The van der Waals surface area contributed by atoms with Gasteiger partial charge in [0.25, 0.3) is 0 Å². The van der Waals surface area contributed by atoms with E-state index in [1.807, 2.05) is 36.5 Å². The number of nitrogens with one attached hydrogen (secondary N) is 2. The Bertz CT molecular complexity index is 1490. The minimum absolute atomic E-state index is 0. The van der Waals surface area contributed by atoms with E-state index in [0.717, 1.165) is 48.4 Å². The smallest absolute Gasteiger partial charge is 0.221 e. The summed E-state index contributed by atoms with van der Waals surface area (Å²) in [6.45, 7) is 3.08. The second-order valence-electron chi connectivity index (χ2n) is 9.40. The predicted molar refractivity (Wildman–Crippen MR) is 158 cm³/mol. The van der Waals surface area contributed by atoms with Gasteiger partial charge in [-0.15, -0.1) is 12.4 Å². The van der Waals surface area contributed by atoms with Crippen LogP contribution in [0.25, 0.3) is 22.5 Å². The van der Waals surface area contributed by atoms with E-state index in [1.165, 1.54) is 20.1 Å². The van der Waals surface area contributed by atoms with E-state index in [4.69, 9.17) is 10.5 Å². The van der Waals surface area contributed by atoms with Gasteiger partial charge >= 0.3 is 0 Å². The van der Waals surface area contributed by atoms with Gasteiger partial charge in [-0.1, -0.05) is 18.2 Å². The number of pyridine rings is 1. The molecule has 1 atom stereocenters. The molecule has 4 aromatic rings. The number of benzene rings is 2.